The minimum atomic E-state index is -0.0777. The third kappa shape index (κ3) is 5.02. The van der Waals surface area contributed by atoms with Gasteiger partial charge in [0.2, 0.25) is 0 Å². The first kappa shape index (κ1) is 20.2. The number of ether oxygens (including phenoxy) is 1. The summed E-state index contributed by atoms with van der Waals surface area (Å²) in [7, 11) is 0. The van der Waals surface area contributed by atoms with E-state index < -0.39 is 0 Å². The predicted molar refractivity (Wildman–Crippen MR) is 109 cm³/mol. The minimum absolute atomic E-state index is 0.0777. The molecule has 1 heterocycles. The Morgan fingerprint density at radius 3 is 2.57 bits per heavy atom. The lowest BCUT2D eigenvalue weighted by Crippen LogP contribution is -2.39. The molecule has 6 heteroatoms. The lowest BCUT2D eigenvalue weighted by atomic mass is 9.92. The van der Waals surface area contributed by atoms with Gasteiger partial charge in [0, 0.05) is 24.0 Å². The average Bonchev–Trinajstić information content (AvgIpc) is 2.69. The van der Waals surface area contributed by atoms with E-state index in [-0.39, 0.29) is 18.1 Å². The Bertz CT molecular complexity index is 866. The molecule has 0 unspecified atom stereocenters. The van der Waals surface area contributed by atoms with Crippen LogP contribution >= 0.6 is 11.6 Å². The molecule has 1 amide bonds. The second-order valence-corrected chi connectivity index (χ2v) is 7.85. The minimum Gasteiger partial charge on any atom is -0.490 e. The lowest BCUT2D eigenvalue weighted by Gasteiger charge is -2.29. The average molecular weight is 398 g/mol. The molecule has 1 aromatic heterocycles. The van der Waals surface area contributed by atoms with Gasteiger partial charge >= 0.3 is 0 Å². The van der Waals surface area contributed by atoms with Crippen molar-refractivity contribution in [1.29, 1.82) is 5.26 Å². The number of halogens is 1. The van der Waals surface area contributed by atoms with Crippen LogP contribution in [0.4, 0.5) is 0 Å². The SMILES string of the molecule is CC(C)c1ccc(C(=O)N[C@H]2CC[C@H](Oc3ccc(C#N)c(Cl)c3)CC2)cn1. The molecular weight excluding hydrogens is 374 g/mol. The summed E-state index contributed by atoms with van der Waals surface area (Å²) < 4.78 is 5.99. The van der Waals surface area contributed by atoms with Crippen LogP contribution in [0.3, 0.4) is 0 Å². The van der Waals surface area contributed by atoms with E-state index in [1.807, 2.05) is 18.2 Å². The van der Waals surface area contributed by atoms with Crippen molar-refractivity contribution in [3.05, 3.63) is 58.4 Å². The summed E-state index contributed by atoms with van der Waals surface area (Å²) in [6.07, 6.45) is 5.16. The number of aromatic nitrogens is 1. The molecule has 2 aromatic rings. The van der Waals surface area contributed by atoms with Crippen LogP contribution in [0, 0.1) is 11.3 Å². The Kier molecular flexibility index (Phi) is 6.53. The Hall–Kier alpha value is -2.58. The molecule has 0 aliphatic heterocycles. The van der Waals surface area contributed by atoms with Gasteiger partial charge in [-0.3, -0.25) is 9.78 Å². The molecule has 0 saturated heterocycles. The maximum absolute atomic E-state index is 12.4. The van der Waals surface area contributed by atoms with Crippen molar-refractivity contribution in [2.45, 2.75) is 57.6 Å². The van der Waals surface area contributed by atoms with Crippen LogP contribution in [0.2, 0.25) is 5.02 Å². The zero-order valence-corrected chi connectivity index (χ0v) is 16.9. The summed E-state index contributed by atoms with van der Waals surface area (Å²) in [5, 5.41) is 12.4. The van der Waals surface area contributed by atoms with Crippen molar-refractivity contribution in [1.82, 2.24) is 10.3 Å². The highest BCUT2D eigenvalue weighted by atomic mass is 35.5. The molecular formula is C22H24ClN3O2. The number of amides is 1. The number of hydrogen-bond donors (Lipinski definition) is 1. The molecule has 0 atom stereocenters. The van der Waals surface area contributed by atoms with Crippen LogP contribution < -0.4 is 10.1 Å². The number of carbonyl (C=O) groups excluding carboxylic acids is 1. The van der Waals surface area contributed by atoms with E-state index in [2.05, 4.69) is 24.1 Å². The molecule has 28 heavy (non-hydrogen) atoms. The van der Waals surface area contributed by atoms with Gasteiger partial charge in [-0.25, -0.2) is 0 Å². The monoisotopic (exact) mass is 397 g/mol. The molecule has 1 aliphatic rings. The predicted octanol–water partition coefficient (Wildman–Crippen LogP) is 4.85. The van der Waals surface area contributed by atoms with Crippen LogP contribution in [0.5, 0.6) is 5.75 Å². The molecule has 0 bridgehead atoms. The van der Waals surface area contributed by atoms with E-state index in [0.29, 0.717) is 27.8 Å². The Balaban J connectivity index is 1.49. The van der Waals surface area contributed by atoms with E-state index in [1.165, 1.54) is 0 Å². The molecule has 1 fully saturated rings. The van der Waals surface area contributed by atoms with E-state index >= 15 is 0 Å². The number of carbonyl (C=O) groups is 1. The molecule has 1 aromatic carbocycles. The fourth-order valence-corrected chi connectivity index (χ4v) is 3.54. The first-order chi connectivity index (χ1) is 13.5. The molecule has 3 rings (SSSR count). The highest BCUT2D eigenvalue weighted by molar-refractivity contribution is 6.31. The summed E-state index contributed by atoms with van der Waals surface area (Å²) in [6, 6.07) is 11.0. The van der Waals surface area contributed by atoms with Crippen LogP contribution in [0.1, 0.15) is 67.1 Å². The third-order valence-electron chi connectivity index (χ3n) is 5.01. The Morgan fingerprint density at radius 1 is 1.25 bits per heavy atom. The second-order valence-electron chi connectivity index (χ2n) is 7.44. The zero-order chi connectivity index (χ0) is 20.1. The van der Waals surface area contributed by atoms with Gasteiger partial charge in [0.1, 0.15) is 11.8 Å². The Labute approximate surface area is 170 Å². The molecule has 146 valence electrons. The standard InChI is InChI=1S/C22H24ClN3O2/c1-14(2)21-10-4-16(13-25-21)22(27)26-17-5-8-18(9-6-17)28-19-7-3-15(12-24)20(23)11-19/h3-4,7,10-11,13-14,17-18H,5-6,8-9H2,1-2H3,(H,26,27)/t17-,18-. The summed E-state index contributed by atoms with van der Waals surface area (Å²) in [6.45, 7) is 4.16. The van der Waals surface area contributed by atoms with Gasteiger partial charge in [-0.05, 0) is 55.9 Å². The van der Waals surface area contributed by atoms with Crippen molar-refractivity contribution >= 4 is 17.5 Å². The molecule has 0 radical (unpaired) electrons. The van der Waals surface area contributed by atoms with Gasteiger partial charge in [0.25, 0.3) is 5.91 Å². The van der Waals surface area contributed by atoms with Crippen LogP contribution in [-0.4, -0.2) is 23.0 Å². The van der Waals surface area contributed by atoms with Crippen molar-refractivity contribution in [3.8, 4) is 11.8 Å². The smallest absolute Gasteiger partial charge is 0.253 e. The van der Waals surface area contributed by atoms with Crippen molar-refractivity contribution in [2.24, 2.45) is 0 Å². The van der Waals surface area contributed by atoms with E-state index in [4.69, 9.17) is 21.6 Å². The fraction of sp³-hybridized carbons (Fsp3) is 0.409. The van der Waals surface area contributed by atoms with E-state index in [9.17, 15) is 4.79 Å². The van der Waals surface area contributed by atoms with Gasteiger partial charge in [-0.15, -0.1) is 0 Å². The van der Waals surface area contributed by atoms with Gasteiger partial charge < -0.3 is 10.1 Å². The van der Waals surface area contributed by atoms with Crippen molar-refractivity contribution < 1.29 is 9.53 Å². The molecule has 5 nitrogen and oxygen atoms in total. The lowest BCUT2D eigenvalue weighted by molar-refractivity contribution is 0.0893. The number of hydrogen-bond acceptors (Lipinski definition) is 4. The maximum atomic E-state index is 12.4. The highest BCUT2D eigenvalue weighted by Crippen LogP contribution is 2.27. The van der Waals surface area contributed by atoms with Crippen molar-refractivity contribution in [2.75, 3.05) is 0 Å². The summed E-state index contributed by atoms with van der Waals surface area (Å²) in [4.78, 5) is 16.8. The molecule has 1 N–H and O–H groups in total. The first-order valence-electron chi connectivity index (χ1n) is 9.59. The summed E-state index contributed by atoms with van der Waals surface area (Å²) in [5.74, 6) is 0.942. The van der Waals surface area contributed by atoms with Crippen molar-refractivity contribution in [3.63, 3.8) is 0 Å². The topological polar surface area (TPSA) is 75.0 Å². The van der Waals surface area contributed by atoms with Crippen LogP contribution in [0.15, 0.2) is 36.5 Å². The van der Waals surface area contributed by atoms with Gasteiger partial charge in [0.15, 0.2) is 0 Å². The molecule has 1 aliphatic carbocycles. The van der Waals surface area contributed by atoms with Gasteiger partial charge in [-0.2, -0.15) is 5.26 Å². The fourth-order valence-electron chi connectivity index (χ4n) is 3.33. The van der Waals surface area contributed by atoms with Gasteiger partial charge in [0.05, 0.1) is 22.3 Å². The number of nitrogens with one attached hydrogen (secondary N) is 1. The quantitative estimate of drug-likeness (QED) is 0.782. The normalized spacial score (nSPS) is 19.1. The molecule has 0 spiro atoms. The Morgan fingerprint density at radius 2 is 2.00 bits per heavy atom. The van der Waals surface area contributed by atoms with Crippen LogP contribution in [-0.2, 0) is 0 Å². The highest BCUT2D eigenvalue weighted by Gasteiger charge is 2.24. The summed E-state index contributed by atoms with van der Waals surface area (Å²) in [5.41, 5.74) is 2.02. The zero-order valence-electron chi connectivity index (χ0n) is 16.1. The largest absolute Gasteiger partial charge is 0.490 e. The summed E-state index contributed by atoms with van der Waals surface area (Å²) >= 11 is 6.06. The van der Waals surface area contributed by atoms with Gasteiger partial charge in [-0.1, -0.05) is 25.4 Å². The number of nitrogens with zero attached hydrogens (tertiary/aromatic N) is 2. The van der Waals surface area contributed by atoms with E-state index in [1.54, 1.807) is 24.4 Å². The number of rotatable bonds is 5. The first-order valence-corrected chi connectivity index (χ1v) is 9.97. The number of pyridine rings is 1. The maximum Gasteiger partial charge on any atom is 0.253 e. The third-order valence-corrected chi connectivity index (χ3v) is 5.33. The number of benzene rings is 1. The number of nitriles is 1. The molecule has 1 saturated carbocycles. The van der Waals surface area contributed by atoms with E-state index in [0.717, 1.165) is 31.4 Å². The van der Waals surface area contributed by atoms with Crippen LogP contribution in [0.25, 0.3) is 0 Å². The second kappa shape index (κ2) is 9.07.